The van der Waals surface area contributed by atoms with Crippen molar-refractivity contribution in [2.45, 2.75) is 12.7 Å². The predicted molar refractivity (Wildman–Crippen MR) is 126 cm³/mol. The minimum atomic E-state index is -4.72. The molecule has 0 saturated heterocycles. The molecule has 8 nitrogen and oxygen atoms in total. The molecule has 5 aromatic rings. The lowest BCUT2D eigenvalue weighted by Gasteiger charge is -2.11. The van der Waals surface area contributed by atoms with Crippen LogP contribution in [0.15, 0.2) is 79.0 Å². The van der Waals surface area contributed by atoms with Crippen LogP contribution in [-0.4, -0.2) is 37.4 Å². The number of nitrogens with zero attached hydrogens (tertiary/aromatic N) is 5. The van der Waals surface area contributed by atoms with Gasteiger partial charge in [-0.25, -0.2) is 9.50 Å². The minimum absolute atomic E-state index is 0.0870. The summed E-state index contributed by atoms with van der Waals surface area (Å²) >= 11 is 0. The first-order valence-electron chi connectivity index (χ1n) is 10.8. The first-order valence-corrected chi connectivity index (χ1v) is 10.8. The normalized spacial score (nSPS) is 11.6. The van der Waals surface area contributed by atoms with Crippen molar-refractivity contribution in [3.05, 3.63) is 95.9 Å². The van der Waals surface area contributed by atoms with Gasteiger partial charge in [-0.1, -0.05) is 30.3 Å². The van der Waals surface area contributed by atoms with Gasteiger partial charge in [0.25, 0.3) is 5.91 Å². The molecular formula is C25H19F3N6O2. The Morgan fingerprint density at radius 2 is 1.75 bits per heavy atom. The Hall–Kier alpha value is -4.67. The van der Waals surface area contributed by atoms with Crippen LogP contribution in [0.5, 0.6) is 5.75 Å². The summed E-state index contributed by atoms with van der Waals surface area (Å²) in [4.78, 5) is 17.1. The Morgan fingerprint density at radius 3 is 2.44 bits per heavy atom. The van der Waals surface area contributed by atoms with E-state index < -0.39 is 17.8 Å². The summed E-state index contributed by atoms with van der Waals surface area (Å²) in [6.45, 7) is 0.498. The molecule has 0 atom stereocenters. The summed E-state index contributed by atoms with van der Waals surface area (Å²) in [5.41, 5.74) is 0.179. The first-order chi connectivity index (χ1) is 17.3. The molecule has 11 heteroatoms. The summed E-state index contributed by atoms with van der Waals surface area (Å²) in [5.74, 6) is 0.103. The van der Waals surface area contributed by atoms with Crippen molar-refractivity contribution >= 4 is 17.4 Å². The molecule has 182 valence electrons. The van der Waals surface area contributed by atoms with Gasteiger partial charge in [-0.3, -0.25) is 9.48 Å². The lowest BCUT2D eigenvalue weighted by Crippen LogP contribution is -2.16. The zero-order valence-corrected chi connectivity index (χ0v) is 18.9. The van der Waals surface area contributed by atoms with E-state index in [0.29, 0.717) is 22.4 Å². The summed E-state index contributed by atoms with van der Waals surface area (Å²) < 4.78 is 48.9. The van der Waals surface area contributed by atoms with Gasteiger partial charge in [0.05, 0.1) is 19.3 Å². The number of hydrogen-bond donors (Lipinski definition) is 1. The van der Waals surface area contributed by atoms with Crippen LogP contribution in [0.2, 0.25) is 0 Å². The highest BCUT2D eigenvalue weighted by Crippen LogP contribution is 2.32. The number of halogens is 3. The van der Waals surface area contributed by atoms with E-state index in [-0.39, 0.29) is 22.9 Å². The molecule has 36 heavy (non-hydrogen) atoms. The summed E-state index contributed by atoms with van der Waals surface area (Å²) in [7, 11) is 1.49. The second-order valence-electron chi connectivity index (χ2n) is 7.89. The molecule has 1 N–H and O–H groups in total. The molecule has 3 aromatic heterocycles. The molecule has 0 unspecified atom stereocenters. The van der Waals surface area contributed by atoms with E-state index in [0.717, 1.165) is 11.6 Å². The number of nitrogens with one attached hydrogen (secondary N) is 1. The molecule has 0 radical (unpaired) electrons. The maximum absolute atomic E-state index is 13.8. The zero-order chi connectivity index (χ0) is 25.3. The van der Waals surface area contributed by atoms with Gasteiger partial charge in [-0.05, 0) is 35.9 Å². The first kappa shape index (κ1) is 23.1. The van der Waals surface area contributed by atoms with Gasteiger partial charge in [0.15, 0.2) is 22.9 Å². The third kappa shape index (κ3) is 4.76. The molecule has 0 bridgehead atoms. The van der Waals surface area contributed by atoms with E-state index in [2.05, 4.69) is 20.5 Å². The van der Waals surface area contributed by atoms with Crippen molar-refractivity contribution in [1.82, 2.24) is 24.4 Å². The molecule has 1 amide bonds. The molecule has 2 aromatic carbocycles. The van der Waals surface area contributed by atoms with E-state index in [1.807, 2.05) is 30.3 Å². The summed E-state index contributed by atoms with van der Waals surface area (Å²) in [6.07, 6.45) is -3.03. The number of carbonyl (C=O) groups excluding carboxylic acids is 1. The summed E-state index contributed by atoms with van der Waals surface area (Å²) in [5, 5.41) is 10.7. The molecular weight excluding hydrogens is 473 g/mol. The van der Waals surface area contributed by atoms with Gasteiger partial charge in [-0.2, -0.15) is 23.4 Å². The Kier molecular flexibility index (Phi) is 5.88. The second kappa shape index (κ2) is 9.17. The van der Waals surface area contributed by atoms with E-state index in [9.17, 15) is 18.0 Å². The molecule has 0 fully saturated rings. The lowest BCUT2D eigenvalue weighted by atomic mass is 10.1. The molecule has 0 aliphatic rings. The Balaban J connectivity index is 1.43. The molecule has 0 aliphatic heterocycles. The zero-order valence-electron chi connectivity index (χ0n) is 18.9. The van der Waals surface area contributed by atoms with Crippen LogP contribution in [-0.2, 0) is 12.7 Å². The number of amides is 1. The number of anilines is 1. The van der Waals surface area contributed by atoms with Gasteiger partial charge in [0, 0.05) is 23.9 Å². The van der Waals surface area contributed by atoms with Crippen molar-refractivity contribution < 1.29 is 22.7 Å². The van der Waals surface area contributed by atoms with Gasteiger partial charge in [0.2, 0.25) is 0 Å². The fourth-order valence-electron chi connectivity index (χ4n) is 3.66. The number of alkyl halides is 3. The second-order valence-corrected chi connectivity index (χ2v) is 7.89. The van der Waals surface area contributed by atoms with Crippen molar-refractivity contribution in [2.75, 3.05) is 12.4 Å². The Labute approximate surface area is 203 Å². The maximum Gasteiger partial charge on any atom is 0.433 e. The number of ether oxygens (including phenoxy) is 1. The van der Waals surface area contributed by atoms with E-state index in [1.54, 1.807) is 41.2 Å². The van der Waals surface area contributed by atoms with Crippen LogP contribution in [0.25, 0.3) is 16.9 Å². The number of rotatable bonds is 6. The Bertz CT molecular complexity index is 1530. The molecule has 0 aliphatic carbocycles. The number of aromatic nitrogens is 5. The summed E-state index contributed by atoms with van der Waals surface area (Å²) in [6, 6.07) is 19.8. The maximum atomic E-state index is 13.8. The van der Waals surface area contributed by atoms with Crippen LogP contribution in [0.4, 0.5) is 19.0 Å². The topological polar surface area (TPSA) is 86.3 Å². The monoisotopic (exact) mass is 492 g/mol. The number of fused-ring (bicyclic) bond motifs is 1. The fraction of sp³-hybridized carbons (Fsp3) is 0.120. The largest absolute Gasteiger partial charge is 0.497 e. The smallest absolute Gasteiger partial charge is 0.433 e. The van der Waals surface area contributed by atoms with Crippen molar-refractivity contribution in [3.8, 4) is 17.0 Å². The number of methoxy groups -OCH3 is 1. The quantitative estimate of drug-likeness (QED) is 0.364. The van der Waals surface area contributed by atoms with E-state index in [4.69, 9.17) is 4.74 Å². The van der Waals surface area contributed by atoms with Crippen molar-refractivity contribution in [2.24, 2.45) is 0 Å². The lowest BCUT2D eigenvalue weighted by molar-refractivity contribution is -0.142. The SMILES string of the molecule is COc1ccc(-c2cc(C(F)(F)F)n3nc(C(=O)Nc4ccn(Cc5ccccc5)n4)cc3n2)cc1. The van der Waals surface area contributed by atoms with Gasteiger partial charge in [0.1, 0.15) is 5.75 Å². The predicted octanol–water partition coefficient (Wildman–Crippen LogP) is 4.92. The molecule has 0 spiro atoms. The fourth-order valence-corrected chi connectivity index (χ4v) is 3.66. The van der Waals surface area contributed by atoms with E-state index in [1.165, 1.54) is 13.2 Å². The average molecular weight is 492 g/mol. The van der Waals surface area contributed by atoms with E-state index >= 15 is 0 Å². The third-order valence-electron chi connectivity index (χ3n) is 5.41. The number of hydrogen-bond acceptors (Lipinski definition) is 5. The van der Waals surface area contributed by atoms with Crippen LogP contribution in [0.3, 0.4) is 0 Å². The standard InChI is InChI=1S/C25H19F3N6O2/c1-36-18-9-7-17(8-10-18)19-13-21(25(26,27)28)34-23(29-19)14-20(31-34)24(35)30-22-11-12-33(32-22)15-16-5-3-2-4-6-16/h2-14H,15H2,1H3,(H,30,32,35). The number of benzene rings is 2. The molecule has 5 rings (SSSR count). The Morgan fingerprint density at radius 1 is 1.00 bits per heavy atom. The molecule has 3 heterocycles. The number of carbonyl (C=O) groups is 1. The van der Waals surface area contributed by atoms with Crippen LogP contribution < -0.4 is 10.1 Å². The van der Waals surface area contributed by atoms with Crippen molar-refractivity contribution in [3.63, 3.8) is 0 Å². The highest BCUT2D eigenvalue weighted by atomic mass is 19.4. The third-order valence-corrected chi connectivity index (χ3v) is 5.41. The van der Waals surface area contributed by atoms with Gasteiger partial charge >= 0.3 is 6.18 Å². The average Bonchev–Trinajstić information content (AvgIpc) is 3.50. The van der Waals surface area contributed by atoms with Crippen molar-refractivity contribution in [1.29, 1.82) is 0 Å². The van der Waals surface area contributed by atoms with Gasteiger partial charge < -0.3 is 10.1 Å². The highest BCUT2D eigenvalue weighted by molar-refractivity contribution is 6.03. The van der Waals surface area contributed by atoms with Gasteiger partial charge in [-0.15, -0.1) is 0 Å². The molecule has 0 saturated carbocycles. The highest BCUT2D eigenvalue weighted by Gasteiger charge is 2.35. The minimum Gasteiger partial charge on any atom is -0.497 e. The van der Waals surface area contributed by atoms with Crippen LogP contribution >= 0.6 is 0 Å². The van der Waals surface area contributed by atoms with Crippen LogP contribution in [0, 0.1) is 0 Å². The van der Waals surface area contributed by atoms with Crippen LogP contribution in [0.1, 0.15) is 21.7 Å².